The van der Waals surface area contributed by atoms with Crippen LogP contribution in [0.1, 0.15) is 24.0 Å². The van der Waals surface area contributed by atoms with Gasteiger partial charge in [-0.15, -0.1) is 0 Å². The molecule has 1 N–H and O–H groups in total. The smallest absolute Gasteiger partial charge is 0.156 e. The molecule has 1 aromatic rings. The second-order valence-electron chi connectivity index (χ2n) is 5.24. The topological polar surface area (TPSA) is 24.4 Å². The van der Waals surface area contributed by atoms with Gasteiger partial charge < -0.3 is 5.32 Å². The molecule has 1 heterocycles. The lowest BCUT2D eigenvalue weighted by atomic mass is 10.1. The third kappa shape index (κ3) is 2.89. The lowest BCUT2D eigenvalue weighted by Gasteiger charge is -2.09. The van der Waals surface area contributed by atoms with Crippen LogP contribution in [-0.2, 0) is 6.42 Å². The summed E-state index contributed by atoms with van der Waals surface area (Å²) in [6, 6.07) is 8.62. The Kier molecular flexibility index (Phi) is 3.59. The van der Waals surface area contributed by atoms with E-state index in [-0.39, 0.29) is 0 Å². The number of benzene rings is 1. The first kappa shape index (κ1) is 12.1. The summed E-state index contributed by atoms with van der Waals surface area (Å²) in [5.41, 5.74) is 2.82. The Labute approximate surface area is 113 Å². The van der Waals surface area contributed by atoms with Gasteiger partial charge in [0, 0.05) is 11.8 Å². The van der Waals surface area contributed by atoms with Crippen LogP contribution in [0.5, 0.6) is 0 Å². The molecule has 1 fully saturated rings. The second-order valence-corrected chi connectivity index (χ2v) is 6.47. The van der Waals surface area contributed by atoms with Crippen LogP contribution in [0.2, 0.25) is 0 Å². The van der Waals surface area contributed by atoms with E-state index in [1.807, 2.05) is 11.8 Å². The zero-order chi connectivity index (χ0) is 12.4. The van der Waals surface area contributed by atoms with Crippen molar-refractivity contribution in [2.24, 2.45) is 10.9 Å². The number of aryl methyl sites for hydroxylation is 1. The third-order valence-electron chi connectivity index (χ3n) is 3.76. The molecule has 0 amide bonds. The first-order chi connectivity index (χ1) is 8.83. The molecular weight excluding hydrogens is 240 g/mol. The Morgan fingerprint density at radius 3 is 2.94 bits per heavy atom. The molecule has 0 bridgehead atoms. The van der Waals surface area contributed by atoms with Gasteiger partial charge in [0.2, 0.25) is 0 Å². The van der Waals surface area contributed by atoms with Crippen molar-refractivity contribution in [3.05, 3.63) is 35.4 Å². The van der Waals surface area contributed by atoms with E-state index < -0.39 is 0 Å². The van der Waals surface area contributed by atoms with Crippen LogP contribution in [0.4, 0.5) is 0 Å². The molecule has 0 radical (unpaired) electrons. The number of amidine groups is 1. The summed E-state index contributed by atoms with van der Waals surface area (Å²) in [4.78, 5) is 4.60. The highest BCUT2D eigenvalue weighted by Gasteiger charge is 2.35. The Morgan fingerprint density at radius 1 is 1.33 bits per heavy atom. The number of rotatable bonds is 4. The molecule has 1 aliphatic heterocycles. The zero-order valence-electron chi connectivity index (χ0n) is 10.9. The van der Waals surface area contributed by atoms with Gasteiger partial charge in [0.1, 0.15) is 0 Å². The first-order valence-corrected chi connectivity index (χ1v) is 7.70. The summed E-state index contributed by atoms with van der Waals surface area (Å²) < 4.78 is 0. The fourth-order valence-corrected chi connectivity index (χ4v) is 3.63. The molecule has 96 valence electrons. The molecule has 0 aromatic heterocycles. The van der Waals surface area contributed by atoms with Crippen LogP contribution in [0.3, 0.4) is 0 Å². The maximum absolute atomic E-state index is 4.60. The third-order valence-corrected chi connectivity index (χ3v) is 5.09. The van der Waals surface area contributed by atoms with Gasteiger partial charge in [-0.2, -0.15) is 0 Å². The summed E-state index contributed by atoms with van der Waals surface area (Å²) in [5, 5.41) is 5.42. The molecule has 2 nitrogen and oxygen atoms in total. The predicted molar refractivity (Wildman–Crippen MR) is 79.3 cm³/mol. The Morgan fingerprint density at radius 2 is 2.17 bits per heavy atom. The monoisotopic (exact) mass is 260 g/mol. The van der Waals surface area contributed by atoms with Crippen molar-refractivity contribution >= 4 is 16.9 Å². The van der Waals surface area contributed by atoms with Crippen molar-refractivity contribution in [3.63, 3.8) is 0 Å². The van der Waals surface area contributed by atoms with Gasteiger partial charge in [0.05, 0.1) is 6.54 Å². The van der Waals surface area contributed by atoms with Crippen LogP contribution in [0.25, 0.3) is 0 Å². The van der Waals surface area contributed by atoms with Gasteiger partial charge >= 0.3 is 0 Å². The van der Waals surface area contributed by atoms with Gasteiger partial charge in [0.25, 0.3) is 0 Å². The Balaban J connectivity index is 1.44. The van der Waals surface area contributed by atoms with E-state index >= 15 is 0 Å². The SMILES string of the molecule is Cc1ccccc1CCNC1=NCC(C2CC2)S1. The van der Waals surface area contributed by atoms with Crippen LogP contribution in [0.15, 0.2) is 29.3 Å². The summed E-state index contributed by atoms with van der Waals surface area (Å²) in [7, 11) is 0. The molecular formula is C15H20N2S. The van der Waals surface area contributed by atoms with Crippen molar-refractivity contribution in [2.45, 2.75) is 31.4 Å². The predicted octanol–water partition coefficient (Wildman–Crippen LogP) is 3.01. The van der Waals surface area contributed by atoms with Crippen molar-refractivity contribution in [3.8, 4) is 0 Å². The van der Waals surface area contributed by atoms with Crippen molar-refractivity contribution < 1.29 is 0 Å². The molecule has 1 saturated carbocycles. The maximum atomic E-state index is 4.60. The van der Waals surface area contributed by atoms with Gasteiger partial charge in [0.15, 0.2) is 5.17 Å². The van der Waals surface area contributed by atoms with Crippen molar-refractivity contribution in [1.29, 1.82) is 0 Å². The average molecular weight is 260 g/mol. The molecule has 3 heteroatoms. The Bertz CT molecular complexity index is 452. The standard InChI is InChI=1S/C15H20N2S/c1-11-4-2-3-5-12(11)8-9-16-15-17-10-14(18-15)13-6-7-13/h2-5,13-14H,6-10H2,1H3,(H,16,17). The number of nitrogens with one attached hydrogen (secondary N) is 1. The fraction of sp³-hybridized carbons (Fsp3) is 0.533. The highest BCUT2D eigenvalue weighted by molar-refractivity contribution is 8.14. The molecule has 1 unspecified atom stereocenters. The molecule has 3 rings (SSSR count). The van der Waals surface area contributed by atoms with Gasteiger partial charge in [-0.05, 0) is 43.2 Å². The summed E-state index contributed by atoms with van der Waals surface area (Å²) >= 11 is 1.96. The molecule has 0 saturated heterocycles. The van der Waals surface area contributed by atoms with Crippen LogP contribution in [0, 0.1) is 12.8 Å². The Hall–Kier alpha value is -0.960. The molecule has 0 spiro atoms. The minimum absolute atomic E-state index is 0.769. The van der Waals surface area contributed by atoms with Crippen molar-refractivity contribution in [1.82, 2.24) is 5.32 Å². The second kappa shape index (κ2) is 5.35. The normalized spacial score (nSPS) is 22.9. The highest BCUT2D eigenvalue weighted by atomic mass is 32.2. The van der Waals surface area contributed by atoms with E-state index in [1.165, 1.54) is 29.1 Å². The van der Waals surface area contributed by atoms with Crippen LogP contribution >= 0.6 is 11.8 Å². The van der Waals surface area contributed by atoms with E-state index in [9.17, 15) is 0 Å². The molecule has 18 heavy (non-hydrogen) atoms. The number of hydrogen-bond donors (Lipinski definition) is 1. The number of hydrogen-bond acceptors (Lipinski definition) is 3. The van der Waals surface area contributed by atoms with Gasteiger partial charge in [-0.1, -0.05) is 36.0 Å². The lowest BCUT2D eigenvalue weighted by molar-refractivity contribution is 0.771. The molecule has 2 aliphatic rings. The zero-order valence-corrected chi connectivity index (χ0v) is 11.7. The minimum Gasteiger partial charge on any atom is -0.365 e. The lowest BCUT2D eigenvalue weighted by Crippen LogP contribution is -2.22. The van der Waals surface area contributed by atoms with Crippen LogP contribution < -0.4 is 5.32 Å². The highest BCUT2D eigenvalue weighted by Crippen LogP contribution is 2.41. The van der Waals surface area contributed by atoms with Crippen molar-refractivity contribution in [2.75, 3.05) is 13.1 Å². The number of nitrogens with zero attached hydrogens (tertiary/aromatic N) is 1. The number of thioether (sulfide) groups is 1. The molecule has 1 aliphatic carbocycles. The average Bonchev–Trinajstić information content (AvgIpc) is 3.12. The van der Waals surface area contributed by atoms with E-state index in [0.717, 1.165) is 30.7 Å². The van der Waals surface area contributed by atoms with E-state index in [1.54, 1.807) is 0 Å². The summed E-state index contributed by atoms with van der Waals surface area (Å²) in [6.45, 7) is 4.20. The quantitative estimate of drug-likeness (QED) is 0.900. The van der Waals surface area contributed by atoms with Gasteiger partial charge in [-0.25, -0.2) is 0 Å². The number of aliphatic imine (C=N–C) groups is 1. The van der Waals surface area contributed by atoms with E-state index in [2.05, 4.69) is 41.5 Å². The molecule has 1 aromatic carbocycles. The maximum Gasteiger partial charge on any atom is 0.156 e. The first-order valence-electron chi connectivity index (χ1n) is 6.82. The van der Waals surface area contributed by atoms with E-state index in [0.29, 0.717) is 0 Å². The van der Waals surface area contributed by atoms with Gasteiger partial charge in [-0.3, -0.25) is 4.99 Å². The van der Waals surface area contributed by atoms with E-state index in [4.69, 9.17) is 0 Å². The summed E-state index contributed by atoms with van der Waals surface area (Å²) in [6.07, 6.45) is 3.92. The molecule has 1 atom stereocenters. The largest absolute Gasteiger partial charge is 0.365 e. The minimum atomic E-state index is 0.769. The summed E-state index contributed by atoms with van der Waals surface area (Å²) in [5.74, 6) is 0.953. The van der Waals surface area contributed by atoms with Crippen LogP contribution in [-0.4, -0.2) is 23.5 Å². The fourth-order valence-electron chi connectivity index (χ4n) is 2.40.